The van der Waals surface area contributed by atoms with Gasteiger partial charge < -0.3 is 5.32 Å². The summed E-state index contributed by atoms with van der Waals surface area (Å²) in [4.78, 5) is 17.8. The summed E-state index contributed by atoms with van der Waals surface area (Å²) in [6.07, 6.45) is 0. The van der Waals surface area contributed by atoms with Crippen molar-refractivity contribution in [2.24, 2.45) is 0 Å². The van der Waals surface area contributed by atoms with E-state index in [9.17, 15) is 4.79 Å². The highest BCUT2D eigenvalue weighted by Crippen LogP contribution is 2.33. The summed E-state index contributed by atoms with van der Waals surface area (Å²) in [7, 11) is 1.89. The summed E-state index contributed by atoms with van der Waals surface area (Å²) in [5.41, 5.74) is 3.42. The first-order valence-corrected chi connectivity index (χ1v) is 7.55. The van der Waals surface area contributed by atoms with Gasteiger partial charge in [-0.25, -0.2) is 4.98 Å². The zero-order valence-electron chi connectivity index (χ0n) is 12.5. The quantitative estimate of drug-likeness (QED) is 0.514. The third-order valence-electron chi connectivity index (χ3n) is 4.55. The molecule has 3 aromatic carbocycles. The van der Waals surface area contributed by atoms with Crippen molar-refractivity contribution in [3.8, 4) is 0 Å². The van der Waals surface area contributed by atoms with Crippen LogP contribution in [0.5, 0.6) is 0 Å². The van der Waals surface area contributed by atoms with Crippen LogP contribution in [-0.4, -0.2) is 16.4 Å². The minimum Gasteiger partial charge on any atom is -0.388 e. The maximum Gasteiger partial charge on any atom is 0.264 e. The molecule has 0 saturated carbocycles. The Bertz CT molecular complexity index is 1270. The van der Waals surface area contributed by atoms with Crippen LogP contribution in [0, 0.1) is 0 Å². The molecule has 0 radical (unpaired) electrons. The third-order valence-corrected chi connectivity index (χ3v) is 4.55. The van der Waals surface area contributed by atoms with Gasteiger partial charge in [0, 0.05) is 34.3 Å². The van der Waals surface area contributed by atoms with Crippen LogP contribution in [0.2, 0.25) is 0 Å². The Labute approximate surface area is 131 Å². The van der Waals surface area contributed by atoms with Crippen molar-refractivity contribution < 1.29 is 0 Å². The predicted molar refractivity (Wildman–Crippen MR) is 94.7 cm³/mol. The van der Waals surface area contributed by atoms with Crippen LogP contribution < -0.4 is 10.9 Å². The Morgan fingerprint density at radius 2 is 1.74 bits per heavy atom. The summed E-state index contributed by atoms with van der Waals surface area (Å²) in [6.45, 7) is 0. The molecule has 23 heavy (non-hydrogen) atoms. The molecule has 1 N–H and O–H groups in total. The molecular formula is C19H13N3O. The average molecular weight is 299 g/mol. The molecular weight excluding hydrogens is 286 g/mol. The highest BCUT2D eigenvalue weighted by Gasteiger charge is 2.16. The van der Waals surface area contributed by atoms with Gasteiger partial charge in [-0.05, 0) is 24.3 Å². The molecule has 4 heteroatoms. The molecule has 5 rings (SSSR count). The van der Waals surface area contributed by atoms with Crippen molar-refractivity contribution in [2.75, 3.05) is 12.4 Å². The normalized spacial score (nSPS) is 11.9. The van der Waals surface area contributed by atoms with Crippen molar-refractivity contribution in [3.63, 3.8) is 0 Å². The summed E-state index contributed by atoms with van der Waals surface area (Å²) < 4.78 is 1.73. The number of benzene rings is 3. The third kappa shape index (κ3) is 1.45. The van der Waals surface area contributed by atoms with Gasteiger partial charge in [-0.2, -0.15) is 0 Å². The summed E-state index contributed by atoms with van der Waals surface area (Å²) in [5, 5.41) is 6.96. The lowest BCUT2D eigenvalue weighted by atomic mass is 10.0. The van der Waals surface area contributed by atoms with Gasteiger partial charge in [0.15, 0.2) is 0 Å². The largest absolute Gasteiger partial charge is 0.388 e. The number of hydrogen-bond donors (Lipinski definition) is 1. The summed E-state index contributed by atoms with van der Waals surface area (Å²) in [5.74, 6) is 0. The number of nitrogens with zero attached hydrogens (tertiary/aromatic N) is 2. The van der Waals surface area contributed by atoms with Crippen LogP contribution in [0.25, 0.3) is 38.2 Å². The van der Waals surface area contributed by atoms with Gasteiger partial charge in [0.05, 0.1) is 11.0 Å². The Balaban J connectivity index is 2.19. The molecule has 0 atom stereocenters. The second-order valence-corrected chi connectivity index (χ2v) is 5.70. The minimum atomic E-state index is -0.0138. The van der Waals surface area contributed by atoms with Gasteiger partial charge in [0.25, 0.3) is 5.56 Å². The number of para-hydroxylation sites is 2. The molecule has 0 fully saturated rings. The number of fused-ring (bicyclic) bond motifs is 4. The van der Waals surface area contributed by atoms with E-state index in [1.807, 2.05) is 61.6 Å². The van der Waals surface area contributed by atoms with Crippen molar-refractivity contribution in [2.45, 2.75) is 0 Å². The smallest absolute Gasteiger partial charge is 0.264 e. The Kier molecular flexibility index (Phi) is 2.26. The van der Waals surface area contributed by atoms with Gasteiger partial charge in [0.2, 0.25) is 0 Å². The maximum atomic E-state index is 13.1. The second-order valence-electron chi connectivity index (χ2n) is 5.70. The molecule has 5 aromatic rings. The van der Waals surface area contributed by atoms with Crippen LogP contribution >= 0.6 is 0 Å². The molecule has 2 aromatic heterocycles. The van der Waals surface area contributed by atoms with Crippen molar-refractivity contribution in [3.05, 3.63) is 65.0 Å². The number of anilines is 1. The molecule has 0 amide bonds. The standard InChI is InChI=1S/C19H13N3O/c1-20-14-10-9-13-17-11(14)5-4-6-12(17)18-21-15-7-2-3-8-16(15)22(18)19(13)23/h2-10,20H,1H3. The molecule has 0 aliphatic rings. The summed E-state index contributed by atoms with van der Waals surface area (Å²) in [6, 6.07) is 17.7. The number of nitrogens with one attached hydrogen (secondary N) is 1. The zero-order valence-corrected chi connectivity index (χ0v) is 12.5. The van der Waals surface area contributed by atoms with E-state index in [1.165, 1.54) is 0 Å². The Hall–Kier alpha value is -3.14. The van der Waals surface area contributed by atoms with Gasteiger partial charge in [0.1, 0.15) is 5.65 Å². The fraction of sp³-hybridized carbons (Fsp3) is 0.0526. The number of hydrogen-bond acceptors (Lipinski definition) is 3. The Morgan fingerprint density at radius 3 is 2.61 bits per heavy atom. The fourth-order valence-corrected chi connectivity index (χ4v) is 3.52. The lowest BCUT2D eigenvalue weighted by Crippen LogP contribution is -2.13. The molecule has 0 unspecified atom stereocenters. The van der Waals surface area contributed by atoms with Crippen LogP contribution in [0.3, 0.4) is 0 Å². The van der Waals surface area contributed by atoms with Crippen molar-refractivity contribution >= 4 is 43.9 Å². The number of pyridine rings is 1. The van der Waals surface area contributed by atoms with E-state index < -0.39 is 0 Å². The topological polar surface area (TPSA) is 46.4 Å². The van der Waals surface area contributed by atoms with Gasteiger partial charge >= 0.3 is 0 Å². The number of imidazole rings is 1. The van der Waals surface area contributed by atoms with Crippen molar-refractivity contribution in [1.82, 2.24) is 9.38 Å². The maximum absolute atomic E-state index is 13.1. The van der Waals surface area contributed by atoms with Crippen LogP contribution in [0.1, 0.15) is 0 Å². The molecule has 2 heterocycles. The molecule has 0 aliphatic carbocycles. The first kappa shape index (κ1) is 12.4. The van der Waals surface area contributed by atoms with E-state index in [0.29, 0.717) is 0 Å². The van der Waals surface area contributed by atoms with Crippen LogP contribution in [-0.2, 0) is 0 Å². The van der Waals surface area contributed by atoms with Gasteiger partial charge in [-0.3, -0.25) is 9.20 Å². The first-order valence-electron chi connectivity index (χ1n) is 7.55. The highest BCUT2D eigenvalue weighted by atomic mass is 16.1. The van der Waals surface area contributed by atoms with E-state index in [-0.39, 0.29) is 5.56 Å². The monoisotopic (exact) mass is 299 g/mol. The zero-order chi connectivity index (χ0) is 15.6. The number of aromatic nitrogens is 2. The molecule has 110 valence electrons. The average Bonchev–Trinajstić information content (AvgIpc) is 2.99. The second kappa shape index (κ2) is 4.20. The van der Waals surface area contributed by atoms with Crippen LogP contribution in [0.4, 0.5) is 5.69 Å². The van der Waals surface area contributed by atoms with E-state index in [1.54, 1.807) is 4.40 Å². The Morgan fingerprint density at radius 1 is 0.913 bits per heavy atom. The van der Waals surface area contributed by atoms with E-state index in [0.717, 1.165) is 43.9 Å². The van der Waals surface area contributed by atoms with Crippen molar-refractivity contribution in [1.29, 1.82) is 0 Å². The lowest BCUT2D eigenvalue weighted by Gasteiger charge is -2.10. The minimum absolute atomic E-state index is 0.0138. The first-order chi connectivity index (χ1) is 11.3. The van der Waals surface area contributed by atoms with Gasteiger partial charge in [-0.1, -0.05) is 30.3 Å². The highest BCUT2D eigenvalue weighted by molar-refractivity contribution is 6.18. The van der Waals surface area contributed by atoms with Crippen LogP contribution in [0.15, 0.2) is 59.4 Å². The molecule has 0 aliphatic heterocycles. The van der Waals surface area contributed by atoms with E-state index in [4.69, 9.17) is 4.98 Å². The molecule has 0 saturated heterocycles. The van der Waals surface area contributed by atoms with E-state index >= 15 is 0 Å². The predicted octanol–water partition coefficient (Wildman–Crippen LogP) is 3.63. The summed E-state index contributed by atoms with van der Waals surface area (Å²) >= 11 is 0. The molecule has 4 nitrogen and oxygen atoms in total. The fourth-order valence-electron chi connectivity index (χ4n) is 3.52. The SMILES string of the molecule is CNc1ccc2c(=O)n3c4ccccc4nc3c3cccc1c23. The molecule has 0 spiro atoms. The number of rotatable bonds is 1. The van der Waals surface area contributed by atoms with E-state index in [2.05, 4.69) is 5.32 Å². The molecule has 0 bridgehead atoms. The van der Waals surface area contributed by atoms with Gasteiger partial charge in [-0.15, -0.1) is 0 Å². The lowest BCUT2D eigenvalue weighted by molar-refractivity contribution is 1.19.